The molecule has 4 heterocycles. The van der Waals surface area contributed by atoms with Gasteiger partial charge in [-0.05, 0) is 54.1 Å². The summed E-state index contributed by atoms with van der Waals surface area (Å²) in [7, 11) is 0. The zero-order valence-corrected chi connectivity index (χ0v) is 31.6. The number of nitrogens with zero attached hydrogens (tertiary/aromatic N) is 3. The maximum Gasteiger partial charge on any atom is 0.0740 e. The lowest BCUT2D eigenvalue weighted by Crippen LogP contribution is -2.05. The third-order valence-corrected chi connectivity index (χ3v) is 12.7. The Labute approximate surface area is 333 Å². The summed E-state index contributed by atoms with van der Waals surface area (Å²) < 4.78 is 7.57. The summed E-state index contributed by atoms with van der Waals surface area (Å²) in [5, 5.41) is 7.45. The Hall–Kier alpha value is -7.27. The fourth-order valence-corrected chi connectivity index (χ4v) is 10.3. The predicted molar refractivity (Wildman–Crippen MR) is 242 cm³/mol. The molecular weight excluding hydrogens is 711 g/mol. The molecule has 8 aromatic carbocycles. The van der Waals surface area contributed by atoms with Crippen LogP contribution in [0.2, 0.25) is 0 Å². The van der Waals surface area contributed by atoms with Crippen molar-refractivity contribution in [1.82, 2.24) is 14.1 Å². The van der Waals surface area contributed by atoms with E-state index in [0.717, 1.165) is 39.3 Å². The largest absolute Gasteiger partial charge is 0.309 e. The molecular formula is C53H33N3S. The number of para-hydroxylation sites is 4. The van der Waals surface area contributed by atoms with Crippen molar-refractivity contribution in [3.8, 4) is 45.0 Å². The van der Waals surface area contributed by atoms with E-state index < -0.39 is 0 Å². The van der Waals surface area contributed by atoms with Crippen molar-refractivity contribution in [2.45, 2.75) is 0 Å². The van der Waals surface area contributed by atoms with E-state index in [1.807, 2.05) is 11.3 Å². The highest BCUT2D eigenvalue weighted by molar-refractivity contribution is 7.26. The van der Waals surface area contributed by atoms with Crippen molar-refractivity contribution in [1.29, 1.82) is 0 Å². The maximum absolute atomic E-state index is 5.37. The predicted octanol–water partition coefficient (Wildman–Crippen LogP) is 14.6. The number of benzene rings is 8. The zero-order valence-electron chi connectivity index (χ0n) is 30.8. The summed E-state index contributed by atoms with van der Waals surface area (Å²) in [5.41, 5.74) is 13.3. The molecule has 0 aliphatic heterocycles. The van der Waals surface area contributed by atoms with E-state index in [-0.39, 0.29) is 0 Å². The third kappa shape index (κ3) is 4.88. The van der Waals surface area contributed by atoms with Gasteiger partial charge >= 0.3 is 0 Å². The minimum atomic E-state index is 0.935. The molecule has 0 atom stereocenters. The fourth-order valence-electron chi connectivity index (χ4n) is 9.04. The molecule has 57 heavy (non-hydrogen) atoms. The summed E-state index contributed by atoms with van der Waals surface area (Å²) in [4.78, 5) is 5.37. The van der Waals surface area contributed by atoms with E-state index in [9.17, 15) is 0 Å². The van der Waals surface area contributed by atoms with Crippen molar-refractivity contribution in [2.24, 2.45) is 0 Å². The van der Waals surface area contributed by atoms with Crippen LogP contribution in [0.4, 0.5) is 0 Å². The van der Waals surface area contributed by atoms with E-state index in [0.29, 0.717) is 0 Å². The molecule has 0 saturated carbocycles. The molecule has 4 aromatic heterocycles. The number of hydrogen-bond acceptors (Lipinski definition) is 2. The lowest BCUT2D eigenvalue weighted by Gasteiger charge is -2.22. The number of fused-ring (bicyclic) bond motifs is 9. The molecule has 0 aliphatic carbocycles. The quantitative estimate of drug-likeness (QED) is 0.172. The van der Waals surface area contributed by atoms with Crippen molar-refractivity contribution in [3.63, 3.8) is 0 Å². The van der Waals surface area contributed by atoms with Gasteiger partial charge in [0, 0.05) is 53.7 Å². The minimum absolute atomic E-state index is 0.935. The van der Waals surface area contributed by atoms with Crippen molar-refractivity contribution in [3.05, 3.63) is 200 Å². The molecule has 266 valence electrons. The van der Waals surface area contributed by atoms with Crippen LogP contribution in [0.1, 0.15) is 0 Å². The SMILES string of the molecule is c1ccc(-c2cc(-c3c(-n4c5ccccc5c5ccccc54)cc4c(sc5ccccc54)c3-n3c4ccccc4c4ccccc43)cc(-c3ccccc3)n2)cc1. The van der Waals surface area contributed by atoms with Crippen LogP contribution in [0, 0.1) is 0 Å². The van der Waals surface area contributed by atoms with Crippen LogP contribution in [0.15, 0.2) is 200 Å². The first kappa shape index (κ1) is 32.0. The Morgan fingerprint density at radius 1 is 0.351 bits per heavy atom. The molecule has 0 saturated heterocycles. The normalized spacial score (nSPS) is 11.9. The number of aromatic nitrogens is 3. The molecule has 0 N–H and O–H groups in total. The van der Waals surface area contributed by atoms with Gasteiger partial charge in [0.25, 0.3) is 0 Å². The Balaban J connectivity index is 1.35. The summed E-state index contributed by atoms with van der Waals surface area (Å²) in [6.07, 6.45) is 0. The Morgan fingerprint density at radius 2 is 0.772 bits per heavy atom. The lowest BCUT2D eigenvalue weighted by molar-refractivity contribution is 1.15. The summed E-state index contributed by atoms with van der Waals surface area (Å²) >= 11 is 1.88. The first-order valence-corrected chi connectivity index (χ1v) is 20.2. The highest BCUT2D eigenvalue weighted by atomic mass is 32.1. The van der Waals surface area contributed by atoms with E-state index >= 15 is 0 Å². The average molecular weight is 744 g/mol. The molecule has 0 fully saturated rings. The van der Waals surface area contributed by atoms with Gasteiger partial charge in [-0.2, -0.15) is 0 Å². The molecule has 0 radical (unpaired) electrons. The van der Waals surface area contributed by atoms with Gasteiger partial charge in [0.2, 0.25) is 0 Å². The number of rotatable bonds is 5. The third-order valence-electron chi connectivity index (χ3n) is 11.5. The van der Waals surface area contributed by atoms with Gasteiger partial charge in [-0.25, -0.2) is 4.98 Å². The Morgan fingerprint density at radius 3 is 1.28 bits per heavy atom. The number of pyridine rings is 1. The molecule has 0 aliphatic rings. The van der Waals surface area contributed by atoms with Gasteiger partial charge in [-0.1, -0.05) is 152 Å². The lowest BCUT2D eigenvalue weighted by atomic mass is 9.95. The molecule has 4 heteroatoms. The van der Waals surface area contributed by atoms with Gasteiger partial charge in [0.15, 0.2) is 0 Å². The fraction of sp³-hybridized carbons (Fsp3) is 0. The van der Waals surface area contributed by atoms with E-state index in [1.165, 1.54) is 69.5 Å². The Kier molecular flexibility index (Phi) is 7.10. The van der Waals surface area contributed by atoms with Crippen molar-refractivity contribution >= 4 is 75.1 Å². The van der Waals surface area contributed by atoms with Crippen LogP contribution in [-0.4, -0.2) is 14.1 Å². The first-order chi connectivity index (χ1) is 28.3. The molecule has 0 spiro atoms. The monoisotopic (exact) mass is 743 g/mol. The van der Waals surface area contributed by atoms with Crippen LogP contribution in [0.3, 0.4) is 0 Å². The smallest absolute Gasteiger partial charge is 0.0740 e. The molecule has 0 bridgehead atoms. The van der Waals surface area contributed by atoms with Gasteiger partial charge < -0.3 is 9.13 Å². The standard InChI is InChI=1S/C53H33N3S/c1-3-17-34(18-4-1)43-31-36(32-44(54-43)35-19-5-2-6-20-35)51-49(55-45-26-12-7-21-37(45)38-22-8-13-27-46(38)55)33-42-41-25-11-16-30-50(41)57-53(42)52(51)56-47-28-14-9-23-39(47)40-24-10-15-29-48(40)56/h1-33H. The molecule has 3 nitrogen and oxygen atoms in total. The molecule has 12 aromatic rings. The van der Waals surface area contributed by atoms with Crippen LogP contribution in [0.25, 0.3) is 109 Å². The second-order valence-electron chi connectivity index (χ2n) is 14.7. The van der Waals surface area contributed by atoms with Gasteiger partial charge in [0.1, 0.15) is 0 Å². The van der Waals surface area contributed by atoms with Crippen molar-refractivity contribution < 1.29 is 0 Å². The van der Waals surface area contributed by atoms with E-state index in [4.69, 9.17) is 4.98 Å². The molecule has 0 unspecified atom stereocenters. The van der Waals surface area contributed by atoms with E-state index in [2.05, 4.69) is 209 Å². The maximum atomic E-state index is 5.37. The summed E-state index contributed by atoms with van der Waals surface area (Å²) in [5.74, 6) is 0. The second kappa shape index (κ2) is 12.6. The minimum Gasteiger partial charge on any atom is -0.309 e. The van der Waals surface area contributed by atoms with Crippen LogP contribution in [0.5, 0.6) is 0 Å². The van der Waals surface area contributed by atoms with Crippen LogP contribution >= 0.6 is 11.3 Å². The van der Waals surface area contributed by atoms with Gasteiger partial charge in [-0.3, -0.25) is 0 Å². The van der Waals surface area contributed by atoms with Crippen LogP contribution in [-0.2, 0) is 0 Å². The van der Waals surface area contributed by atoms with Gasteiger partial charge in [-0.15, -0.1) is 11.3 Å². The van der Waals surface area contributed by atoms with Gasteiger partial charge in [0.05, 0.1) is 49.5 Å². The first-order valence-electron chi connectivity index (χ1n) is 19.4. The highest BCUT2D eigenvalue weighted by Crippen LogP contribution is 2.50. The molecule has 0 amide bonds. The number of hydrogen-bond donors (Lipinski definition) is 0. The Bertz CT molecular complexity index is 3350. The van der Waals surface area contributed by atoms with E-state index in [1.54, 1.807) is 0 Å². The summed E-state index contributed by atoms with van der Waals surface area (Å²) in [6.45, 7) is 0. The van der Waals surface area contributed by atoms with Crippen molar-refractivity contribution in [2.75, 3.05) is 0 Å². The second-order valence-corrected chi connectivity index (χ2v) is 15.7. The highest BCUT2D eigenvalue weighted by Gasteiger charge is 2.27. The topological polar surface area (TPSA) is 22.8 Å². The molecule has 12 rings (SSSR count). The zero-order chi connectivity index (χ0) is 37.5. The summed E-state index contributed by atoms with van der Waals surface area (Å²) in [6, 6.07) is 72.6. The van der Waals surface area contributed by atoms with Crippen LogP contribution < -0.4 is 0 Å². The number of thiophene rings is 1. The average Bonchev–Trinajstić information content (AvgIpc) is 3.94.